The molecule has 1 N–H and O–H groups in total. The van der Waals surface area contributed by atoms with Gasteiger partial charge in [0, 0.05) is 12.1 Å². The smallest absolute Gasteiger partial charge is 0.243 e. The third-order valence-electron chi connectivity index (χ3n) is 5.86. The number of nitrogens with zero attached hydrogens (tertiary/aromatic N) is 2. The van der Waals surface area contributed by atoms with Crippen molar-refractivity contribution in [3.8, 4) is 0 Å². The highest BCUT2D eigenvalue weighted by Gasteiger charge is 2.50. The number of hydrogen-bond donors (Lipinski definition) is 1. The average molecular weight is 295 g/mol. The molecular weight excluding hydrogens is 262 g/mol. The fourth-order valence-corrected chi connectivity index (χ4v) is 3.54. The Bertz CT molecular complexity index is 387. The lowest BCUT2D eigenvalue weighted by molar-refractivity contribution is -0.135. The van der Waals surface area contributed by atoms with Crippen LogP contribution in [-0.2, 0) is 4.79 Å². The monoisotopic (exact) mass is 295 g/mol. The molecule has 4 nitrogen and oxygen atoms in total. The first kappa shape index (κ1) is 16.8. The van der Waals surface area contributed by atoms with Gasteiger partial charge >= 0.3 is 0 Å². The quantitative estimate of drug-likeness (QED) is 0.846. The van der Waals surface area contributed by atoms with Gasteiger partial charge in [-0.3, -0.25) is 10.1 Å². The van der Waals surface area contributed by atoms with Crippen LogP contribution in [0.2, 0.25) is 0 Å². The van der Waals surface area contributed by atoms with Crippen LogP contribution in [0.15, 0.2) is 0 Å². The SMILES string of the molecule is CCC1(C)NC(C2CCCC2)N(CC(C)(C)N(C)C)C1=O. The van der Waals surface area contributed by atoms with Crippen LogP contribution in [0.5, 0.6) is 0 Å². The maximum Gasteiger partial charge on any atom is 0.243 e. The molecule has 0 aromatic carbocycles. The van der Waals surface area contributed by atoms with Crippen molar-refractivity contribution >= 4 is 5.91 Å². The molecule has 0 aromatic heterocycles. The number of rotatable bonds is 5. The highest BCUT2D eigenvalue weighted by atomic mass is 16.2. The van der Waals surface area contributed by atoms with Gasteiger partial charge in [-0.05, 0) is 60.0 Å². The summed E-state index contributed by atoms with van der Waals surface area (Å²) in [6.45, 7) is 9.40. The van der Waals surface area contributed by atoms with Crippen molar-refractivity contribution in [3.63, 3.8) is 0 Å². The molecule has 21 heavy (non-hydrogen) atoms. The van der Waals surface area contributed by atoms with E-state index in [0.29, 0.717) is 5.92 Å². The number of carbonyl (C=O) groups is 1. The molecule has 1 heterocycles. The van der Waals surface area contributed by atoms with Crippen molar-refractivity contribution in [1.29, 1.82) is 0 Å². The first-order chi connectivity index (χ1) is 9.71. The minimum atomic E-state index is -0.379. The van der Waals surface area contributed by atoms with Crippen LogP contribution < -0.4 is 5.32 Å². The molecule has 4 heteroatoms. The minimum Gasteiger partial charge on any atom is -0.323 e. The molecule has 2 unspecified atom stereocenters. The van der Waals surface area contributed by atoms with Gasteiger partial charge in [0.15, 0.2) is 0 Å². The summed E-state index contributed by atoms with van der Waals surface area (Å²) < 4.78 is 0. The van der Waals surface area contributed by atoms with Gasteiger partial charge in [0.2, 0.25) is 5.91 Å². The van der Waals surface area contributed by atoms with E-state index in [4.69, 9.17) is 0 Å². The van der Waals surface area contributed by atoms with Gasteiger partial charge in [0.1, 0.15) is 0 Å². The number of carbonyl (C=O) groups excluding carboxylic acids is 1. The van der Waals surface area contributed by atoms with Crippen LogP contribution in [0.4, 0.5) is 0 Å². The predicted octanol–water partition coefficient (Wildman–Crippen LogP) is 2.44. The third-order valence-corrected chi connectivity index (χ3v) is 5.86. The summed E-state index contributed by atoms with van der Waals surface area (Å²) in [6.07, 6.45) is 6.21. The van der Waals surface area contributed by atoms with E-state index in [1.165, 1.54) is 25.7 Å². The fraction of sp³-hybridized carbons (Fsp3) is 0.941. The molecule has 2 rings (SSSR count). The van der Waals surface area contributed by atoms with Crippen molar-refractivity contribution < 1.29 is 4.79 Å². The van der Waals surface area contributed by atoms with Gasteiger partial charge in [-0.1, -0.05) is 19.8 Å². The summed E-state index contributed by atoms with van der Waals surface area (Å²) >= 11 is 0. The molecule has 1 saturated heterocycles. The number of hydrogen-bond acceptors (Lipinski definition) is 3. The van der Waals surface area contributed by atoms with Gasteiger partial charge in [-0.2, -0.15) is 0 Å². The predicted molar refractivity (Wildman–Crippen MR) is 87.1 cm³/mol. The Morgan fingerprint density at radius 1 is 1.33 bits per heavy atom. The normalized spacial score (nSPS) is 31.7. The lowest BCUT2D eigenvalue weighted by Gasteiger charge is -2.39. The van der Waals surface area contributed by atoms with Gasteiger partial charge < -0.3 is 9.80 Å². The zero-order chi connectivity index (χ0) is 15.8. The third kappa shape index (κ3) is 3.11. The zero-order valence-corrected chi connectivity index (χ0v) is 14.7. The van der Waals surface area contributed by atoms with Crippen LogP contribution in [0.25, 0.3) is 0 Å². The molecule has 0 spiro atoms. The van der Waals surface area contributed by atoms with E-state index in [1.54, 1.807) is 0 Å². The lowest BCUT2D eigenvalue weighted by atomic mass is 9.98. The summed E-state index contributed by atoms with van der Waals surface area (Å²) in [5.41, 5.74) is -0.386. The molecule has 2 fully saturated rings. The van der Waals surface area contributed by atoms with Crippen molar-refractivity contribution in [2.24, 2.45) is 5.92 Å². The van der Waals surface area contributed by atoms with E-state index in [9.17, 15) is 4.79 Å². The Hall–Kier alpha value is -0.610. The van der Waals surface area contributed by atoms with Crippen LogP contribution in [0, 0.1) is 5.92 Å². The molecular formula is C17H33N3O. The lowest BCUT2D eigenvalue weighted by Crippen LogP contribution is -2.53. The van der Waals surface area contributed by atoms with Crippen molar-refractivity contribution in [1.82, 2.24) is 15.1 Å². The number of amides is 1. The Kier molecular flexibility index (Phi) is 4.69. The molecule has 122 valence electrons. The largest absolute Gasteiger partial charge is 0.323 e. The molecule has 2 atom stereocenters. The van der Waals surface area contributed by atoms with Crippen molar-refractivity contribution in [2.45, 2.75) is 77.0 Å². The number of likely N-dealkylation sites (N-methyl/N-ethyl adjacent to an activating group) is 1. The van der Waals surface area contributed by atoms with Crippen LogP contribution in [-0.4, -0.2) is 53.6 Å². The molecule has 0 bridgehead atoms. The van der Waals surface area contributed by atoms with Gasteiger partial charge in [0.05, 0.1) is 11.7 Å². The fourth-order valence-electron chi connectivity index (χ4n) is 3.54. The molecule has 1 saturated carbocycles. The summed E-state index contributed by atoms with van der Waals surface area (Å²) in [5.74, 6) is 0.914. The molecule has 1 aliphatic carbocycles. The minimum absolute atomic E-state index is 0.00676. The summed E-state index contributed by atoms with van der Waals surface area (Å²) in [4.78, 5) is 17.3. The molecule has 1 amide bonds. The van der Waals surface area contributed by atoms with Crippen LogP contribution in [0.1, 0.15) is 59.8 Å². The second-order valence-electron chi connectivity index (χ2n) is 7.96. The molecule has 1 aliphatic heterocycles. The second-order valence-corrected chi connectivity index (χ2v) is 7.96. The summed E-state index contributed by atoms with van der Waals surface area (Å²) in [7, 11) is 4.19. The maximum absolute atomic E-state index is 13.0. The van der Waals surface area contributed by atoms with Gasteiger partial charge in [-0.15, -0.1) is 0 Å². The Balaban J connectivity index is 2.22. The average Bonchev–Trinajstić information content (AvgIpc) is 3.01. The molecule has 2 aliphatic rings. The van der Waals surface area contributed by atoms with Crippen LogP contribution >= 0.6 is 0 Å². The van der Waals surface area contributed by atoms with E-state index in [0.717, 1.165) is 13.0 Å². The van der Waals surface area contributed by atoms with E-state index in [1.807, 2.05) is 0 Å². The van der Waals surface area contributed by atoms with Crippen LogP contribution in [0.3, 0.4) is 0 Å². The summed E-state index contributed by atoms with van der Waals surface area (Å²) in [6, 6.07) is 0. The first-order valence-electron chi connectivity index (χ1n) is 8.47. The van der Waals surface area contributed by atoms with Crippen molar-refractivity contribution in [2.75, 3.05) is 20.6 Å². The van der Waals surface area contributed by atoms with E-state index in [2.05, 4.69) is 56.9 Å². The highest BCUT2D eigenvalue weighted by molar-refractivity contribution is 5.88. The molecule has 0 aromatic rings. The topological polar surface area (TPSA) is 35.6 Å². The second kappa shape index (κ2) is 5.88. The summed E-state index contributed by atoms with van der Waals surface area (Å²) in [5, 5.41) is 3.68. The van der Waals surface area contributed by atoms with Crippen molar-refractivity contribution in [3.05, 3.63) is 0 Å². The number of nitrogens with one attached hydrogen (secondary N) is 1. The van der Waals surface area contributed by atoms with E-state index in [-0.39, 0.29) is 23.2 Å². The Morgan fingerprint density at radius 3 is 2.38 bits per heavy atom. The van der Waals surface area contributed by atoms with Gasteiger partial charge in [-0.25, -0.2) is 0 Å². The van der Waals surface area contributed by atoms with Gasteiger partial charge in [0.25, 0.3) is 0 Å². The van der Waals surface area contributed by atoms with E-state index >= 15 is 0 Å². The highest BCUT2D eigenvalue weighted by Crippen LogP contribution is 2.36. The van der Waals surface area contributed by atoms with E-state index < -0.39 is 0 Å². The Labute approximate surface area is 130 Å². The Morgan fingerprint density at radius 2 is 1.90 bits per heavy atom. The zero-order valence-electron chi connectivity index (χ0n) is 14.7. The maximum atomic E-state index is 13.0. The standard InChI is InChI=1S/C17H33N3O/c1-7-17(4)15(21)20(12-16(2,3)19(5)6)14(18-17)13-10-8-9-11-13/h13-14,18H,7-12H2,1-6H3. The first-order valence-corrected chi connectivity index (χ1v) is 8.47. The molecule has 0 radical (unpaired) electrons.